The molecular weight excluding hydrogens is 224 g/mol. The third kappa shape index (κ3) is 2.44. The first-order valence-corrected chi connectivity index (χ1v) is 6.20. The summed E-state index contributed by atoms with van der Waals surface area (Å²) >= 11 is 0. The number of hydrogen-bond acceptors (Lipinski definition) is 3. The molecular formula is C14H20N4. The maximum Gasteiger partial charge on any atom is 0.0743 e. The number of aryl methyl sites for hydroxylation is 3. The van der Waals surface area contributed by atoms with Crippen LogP contribution in [0, 0.1) is 6.92 Å². The Bertz CT molecular complexity index is 530. The van der Waals surface area contributed by atoms with E-state index in [1.54, 1.807) is 0 Å². The van der Waals surface area contributed by atoms with Gasteiger partial charge in [0.1, 0.15) is 0 Å². The Hall–Kier alpha value is -1.65. The molecule has 4 nitrogen and oxygen atoms in total. The van der Waals surface area contributed by atoms with E-state index in [1.807, 2.05) is 24.9 Å². The van der Waals surface area contributed by atoms with Crippen molar-refractivity contribution in [3.05, 3.63) is 52.8 Å². The molecule has 18 heavy (non-hydrogen) atoms. The predicted molar refractivity (Wildman–Crippen MR) is 72.9 cm³/mol. The van der Waals surface area contributed by atoms with Crippen molar-refractivity contribution in [2.45, 2.75) is 26.3 Å². The number of hydrazine groups is 1. The number of nitrogens with one attached hydrogen (secondary N) is 1. The minimum atomic E-state index is -0.00907. The highest BCUT2D eigenvalue weighted by Gasteiger charge is 2.17. The van der Waals surface area contributed by atoms with Crippen molar-refractivity contribution >= 4 is 0 Å². The lowest BCUT2D eigenvalue weighted by Crippen LogP contribution is -2.29. The van der Waals surface area contributed by atoms with Crippen molar-refractivity contribution in [1.29, 1.82) is 0 Å². The Morgan fingerprint density at radius 3 is 2.78 bits per heavy atom. The highest BCUT2D eigenvalue weighted by molar-refractivity contribution is 5.35. The van der Waals surface area contributed by atoms with Crippen molar-refractivity contribution < 1.29 is 0 Å². The Labute approximate surface area is 108 Å². The molecule has 0 aliphatic rings. The summed E-state index contributed by atoms with van der Waals surface area (Å²) < 4.78 is 1.82. The highest BCUT2D eigenvalue weighted by atomic mass is 15.3. The summed E-state index contributed by atoms with van der Waals surface area (Å²) in [6.07, 6.45) is 3.04. The second kappa shape index (κ2) is 5.33. The van der Waals surface area contributed by atoms with E-state index in [0.717, 1.165) is 17.7 Å². The molecule has 2 aromatic rings. The molecule has 0 fully saturated rings. The van der Waals surface area contributed by atoms with Crippen molar-refractivity contribution in [3.8, 4) is 0 Å². The van der Waals surface area contributed by atoms with Crippen LogP contribution in [0.3, 0.4) is 0 Å². The van der Waals surface area contributed by atoms with Crippen molar-refractivity contribution in [1.82, 2.24) is 15.2 Å². The minimum absolute atomic E-state index is 0.00907. The summed E-state index contributed by atoms with van der Waals surface area (Å²) in [6, 6.07) is 8.48. The van der Waals surface area contributed by atoms with E-state index in [0.29, 0.717) is 0 Å². The molecule has 0 saturated carbocycles. The van der Waals surface area contributed by atoms with Gasteiger partial charge in [-0.05, 0) is 24.5 Å². The third-order valence-corrected chi connectivity index (χ3v) is 3.22. The predicted octanol–water partition coefficient (Wildman–Crippen LogP) is 1.84. The SMILES string of the molecule is CCc1cccc(C(NN)c2cn(C)nc2C)c1. The Kier molecular flexibility index (Phi) is 3.79. The van der Waals surface area contributed by atoms with Gasteiger partial charge in [0.25, 0.3) is 0 Å². The van der Waals surface area contributed by atoms with Gasteiger partial charge in [-0.1, -0.05) is 31.2 Å². The fraction of sp³-hybridized carbons (Fsp3) is 0.357. The van der Waals surface area contributed by atoms with E-state index < -0.39 is 0 Å². The Balaban J connectivity index is 2.41. The maximum absolute atomic E-state index is 5.72. The average Bonchev–Trinajstić information content (AvgIpc) is 2.70. The van der Waals surface area contributed by atoms with Crippen LogP contribution in [0.4, 0.5) is 0 Å². The molecule has 1 atom stereocenters. The average molecular weight is 244 g/mol. The van der Waals surface area contributed by atoms with Crippen LogP contribution in [0.1, 0.15) is 35.3 Å². The molecule has 3 N–H and O–H groups in total. The van der Waals surface area contributed by atoms with Crippen molar-refractivity contribution in [3.63, 3.8) is 0 Å². The first kappa shape index (κ1) is 12.8. The summed E-state index contributed by atoms with van der Waals surface area (Å²) in [5, 5.41) is 4.37. The van der Waals surface area contributed by atoms with Crippen LogP contribution in [-0.2, 0) is 13.5 Å². The van der Waals surface area contributed by atoms with Gasteiger partial charge in [0.15, 0.2) is 0 Å². The fourth-order valence-corrected chi connectivity index (χ4v) is 2.26. The zero-order chi connectivity index (χ0) is 13.1. The molecule has 4 heteroatoms. The van der Waals surface area contributed by atoms with Crippen LogP contribution in [0.2, 0.25) is 0 Å². The largest absolute Gasteiger partial charge is 0.275 e. The molecule has 1 unspecified atom stereocenters. The van der Waals surface area contributed by atoms with Gasteiger partial charge in [-0.2, -0.15) is 5.10 Å². The van der Waals surface area contributed by atoms with Gasteiger partial charge < -0.3 is 0 Å². The van der Waals surface area contributed by atoms with E-state index >= 15 is 0 Å². The Morgan fingerprint density at radius 2 is 2.22 bits per heavy atom. The topological polar surface area (TPSA) is 55.9 Å². The molecule has 0 radical (unpaired) electrons. The van der Waals surface area contributed by atoms with E-state index in [4.69, 9.17) is 5.84 Å². The summed E-state index contributed by atoms with van der Waals surface area (Å²) in [6.45, 7) is 4.16. The zero-order valence-corrected chi connectivity index (χ0v) is 11.1. The molecule has 0 spiro atoms. The standard InChI is InChI=1S/C14H20N4/c1-4-11-6-5-7-12(8-11)14(16-15)13-9-18(3)17-10(13)2/h5-9,14,16H,4,15H2,1-3H3. The van der Waals surface area contributed by atoms with Crippen molar-refractivity contribution in [2.75, 3.05) is 0 Å². The summed E-state index contributed by atoms with van der Waals surface area (Å²) in [7, 11) is 1.92. The lowest BCUT2D eigenvalue weighted by atomic mass is 9.98. The lowest BCUT2D eigenvalue weighted by Gasteiger charge is -2.16. The van der Waals surface area contributed by atoms with Crippen molar-refractivity contribution in [2.24, 2.45) is 12.9 Å². The minimum Gasteiger partial charge on any atom is -0.275 e. The maximum atomic E-state index is 5.72. The smallest absolute Gasteiger partial charge is 0.0743 e. The zero-order valence-electron chi connectivity index (χ0n) is 11.1. The molecule has 0 bridgehead atoms. The molecule has 0 aliphatic heterocycles. The van der Waals surface area contributed by atoms with E-state index in [1.165, 1.54) is 11.1 Å². The molecule has 1 heterocycles. The normalized spacial score (nSPS) is 12.7. The van der Waals surface area contributed by atoms with Gasteiger partial charge in [-0.25, -0.2) is 5.43 Å². The van der Waals surface area contributed by atoms with E-state index in [-0.39, 0.29) is 6.04 Å². The fourth-order valence-electron chi connectivity index (χ4n) is 2.26. The monoisotopic (exact) mass is 244 g/mol. The van der Waals surface area contributed by atoms with Gasteiger partial charge in [-0.3, -0.25) is 10.5 Å². The number of nitrogens with two attached hydrogens (primary N) is 1. The van der Waals surface area contributed by atoms with Gasteiger partial charge >= 0.3 is 0 Å². The lowest BCUT2D eigenvalue weighted by molar-refractivity contribution is 0.632. The number of rotatable bonds is 4. The molecule has 0 aliphatic carbocycles. The number of benzene rings is 1. The van der Waals surface area contributed by atoms with Crippen LogP contribution < -0.4 is 11.3 Å². The van der Waals surface area contributed by atoms with E-state index in [9.17, 15) is 0 Å². The molecule has 1 aromatic heterocycles. The third-order valence-electron chi connectivity index (χ3n) is 3.22. The second-order valence-electron chi connectivity index (χ2n) is 4.54. The van der Waals surface area contributed by atoms with Crippen LogP contribution in [-0.4, -0.2) is 9.78 Å². The highest BCUT2D eigenvalue weighted by Crippen LogP contribution is 2.24. The van der Waals surface area contributed by atoms with Crippen LogP contribution >= 0.6 is 0 Å². The van der Waals surface area contributed by atoms with Crippen LogP contribution in [0.15, 0.2) is 30.5 Å². The number of nitrogens with zero attached hydrogens (tertiary/aromatic N) is 2. The van der Waals surface area contributed by atoms with Crippen LogP contribution in [0.5, 0.6) is 0 Å². The van der Waals surface area contributed by atoms with E-state index in [2.05, 4.69) is 41.7 Å². The number of aromatic nitrogens is 2. The molecule has 0 saturated heterocycles. The molecule has 0 amide bonds. The molecule has 96 valence electrons. The van der Waals surface area contributed by atoms with Gasteiger partial charge in [0, 0.05) is 18.8 Å². The molecule has 2 rings (SSSR count). The first-order chi connectivity index (χ1) is 8.65. The summed E-state index contributed by atoms with van der Waals surface area (Å²) in [4.78, 5) is 0. The molecule has 1 aromatic carbocycles. The van der Waals surface area contributed by atoms with Crippen LogP contribution in [0.25, 0.3) is 0 Å². The van der Waals surface area contributed by atoms with Gasteiger partial charge in [0.2, 0.25) is 0 Å². The summed E-state index contributed by atoms with van der Waals surface area (Å²) in [5.74, 6) is 5.72. The second-order valence-corrected chi connectivity index (χ2v) is 4.54. The van der Waals surface area contributed by atoms with Gasteiger partial charge in [0.05, 0.1) is 11.7 Å². The first-order valence-electron chi connectivity index (χ1n) is 6.20. The quantitative estimate of drug-likeness (QED) is 0.637. The number of hydrogen-bond donors (Lipinski definition) is 2. The summed E-state index contributed by atoms with van der Waals surface area (Å²) in [5.41, 5.74) is 7.50. The van der Waals surface area contributed by atoms with Gasteiger partial charge in [-0.15, -0.1) is 0 Å². The Morgan fingerprint density at radius 1 is 1.44 bits per heavy atom.